The van der Waals surface area contributed by atoms with Crippen molar-refractivity contribution in [2.75, 3.05) is 7.11 Å². The number of carbonyl (C=O) groups excluding carboxylic acids is 1. The lowest BCUT2D eigenvalue weighted by atomic mass is 9.89. The molecule has 1 N–H and O–H groups in total. The van der Waals surface area contributed by atoms with Crippen molar-refractivity contribution in [3.63, 3.8) is 0 Å². The zero-order valence-corrected chi connectivity index (χ0v) is 14.8. The highest BCUT2D eigenvalue weighted by atomic mass is 35.5. The van der Waals surface area contributed by atoms with Crippen molar-refractivity contribution in [2.45, 2.75) is 37.8 Å². The van der Waals surface area contributed by atoms with Crippen LogP contribution in [0.5, 0.6) is 11.5 Å². The van der Waals surface area contributed by atoms with Crippen LogP contribution < -0.4 is 14.8 Å². The third-order valence-corrected chi connectivity index (χ3v) is 5.19. The van der Waals surface area contributed by atoms with E-state index in [1.807, 2.05) is 36.4 Å². The number of fused-ring (bicyclic) bond motifs is 1. The Kier molecular flexibility index (Phi) is 4.30. The van der Waals surface area contributed by atoms with Gasteiger partial charge in [0.05, 0.1) is 25.7 Å². The molecule has 1 saturated carbocycles. The topological polar surface area (TPSA) is 47.6 Å². The first-order chi connectivity index (χ1) is 12.1. The first kappa shape index (κ1) is 16.3. The maximum absolute atomic E-state index is 12.2. The van der Waals surface area contributed by atoms with Crippen LogP contribution in [0.1, 0.15) is 42.0 Å². The minimum Gasteiger partial charge on any atom is -0.493 e. The van der Waals surface area contributed by atoms with Crippen molar-refractivity contribution >= 4 is 17.5 Å². The van der Waals surface area contributed by atoms with Gasteiger partial charge in [0.15, 0.2) is 11.5 Å². The van der Waals surface area contributed by atoms with E-state index in [1.54, 1.807) is 7.11 Å². The summed E-state index contributed by atoms with van der Waals surface area (Å²) in [6.45, 7) is 0. The fourth-order valence-electron chi connectivity index (χ4n) is 3.34. The highest BCUT2D eigenvalue weighted by Crippen LogP contribution is 2.39. The summed E-state index contributed by atoms with van der Waals surface area (Å²) in [6, 6.07) is 11.3. The Morgan fingerprint density at radius 2 is 1.88 bits per heavy atom. The lowest BCUT2D eigenvalue weighted by molar-refractivity contribution is -0.121. The number of nitrogens with one attached hydrogen (secondary N) is 1. The molecule has 0 radical (unpaired) electrons. The SMILES string of the molecule is COc1cc2c(cc1OC1CCC1)C(c1ccc(Cl)cc1)NC(=O)C2. The highest BCUT2D eigenvalue weighted by Gasteiger charge is 2.29. The number of halogens is 1. The van der Waals surface area contributed by atoms with E-state index in [4.69, 9.17) is 21.1 Å². The van der Waals surface area contributed by atoms with E-state index in [0.717, 1.165) is 35.3 Å². The van der Waals surface area contributed by atoms with Crippen molar-refractivity contribution in [2.24, 2.45) is 0 Å². The Morgan fingerprint density at radius 3 is 2.52 bits per heavy atom. The zero-order chi connectivity index (χ0) is 17.4. The number of amides is 1. The molecular formula is C20H20ClNO3. The van der Waals surface area contributed by atoms with E-state index in [9.17, 15) is 4.79 Å². The molecule has 25 heavy (non-hydrogen) atoms. The van der Waals surface area contributed by atoms with Gasteiger partial charge in [-0.15, -0.1) is 0 Å². The van der Waals surface area contributed by atoms with Gasteiger partial charge in [0.25, 0.3) is 0 Å². The number of ether oxygens (including phenoxy) is 2. The molecule has 1 atom stereocenters. The third-order valence-electron chi connectivity index (χ3n) is 4.94. The van der Waals surface area contributed by atoms with Crippen LogP contribution >= 0.6 is 11.6 Å². The zero-order valence-electron chi connectivity index (χ0n) is 14.0. The fraction of sp³-hybridized carbons (Fsp3) is 0.350. The Balaban J connectivity index is 1.75. The van der Waals surface area contributed by atoms with Gasteiger partial charge in [-0.2, -0.15) is 0 Å². The summed E-state index contributed by atoms with van der Waals surface area (Å²) >= 11 is 6.00. The molecule has 2 aliphatic rings. The van der Waals surface area contributed by atoms with Crippen LogP contribution in [0, 0.1) is 0 Å². The van der Waals surface area contributed by atoms with Crippen molar-refractivity contribution in [3.8, 4) is 11.5 Å². The standard InChI is InChI=1S/C20H20ClNO3/c1-24-17-9-13-10-19(23)22-20(12-5-7-14(21)8-6-12)16(13)11-18(17)25-15-3-2-4-15/h5-9,11,15,20H,2-4,10H2,1H3,(H,22,23). The van der Waals surface area contributed by atoms with Gasteiger partial charge in [-0.05, 0) is 60.2 Å². The first-order valence-corrected chi connectivity index (χ1v) is 8.94. The largest absolute Gasteiger partial charge is 0.493 e. The van der Waals surface area contributed by atoms with E-state index in [2.05, 4.69) is 5.32 Å². The molecule has 1 heterocycles. The maximum Gasteiger partial charge on any atom is 0.225 e. The van der Waals surface area contributed by atoms with E-state index >= 15 is 0 Å². The molecule has 130 valence electrons. The van der Waals surface area contributed by atoms with Crippen molar-refractivity contribution < 1.29 is 14.3 Å². The molecule has 1 aliphatic heterocycles. The average Bonchev–Trinajstić information content (AvgIpc) is 2.57. The lowest BCUT2D eigenvalue weighted by Crippen LogP contribution is -2.36. The van der Waals surface area contributed by atoms with Crippen LogP contribution in [0.15, 0.2) is 36.4 Å². The minimum atomic E-state index is -0.205. The Bertz CT molecular complexity index is 799. The van der Waals surface area contributed by atoms with Gasteiger partial charge in [0.2, 0.25) is 5.91 Å². The van der Waals surface area contributed by atoms with Crippen LogP contribution in [0.2, 0.25) is 5.02 Å². The van der Waals surface area contributed by atoms with E-state index in [0.29, 0.717) is 17.2 Å². The van der Waals surface area contributed by atoms with Gasteiger partial charge < -0.3 is 14.8 Å². The van der Waals surface area contributed by atoms with Gasteiger partial charge in [0.1, 0.15) is 0 Å². The second-order valence-electron chi connectivity index (χ2n) is 6.60. The molecule has 5 heteroatoms. The van der Waals surface area contributed by atoms with Gasteiger partial charge in [-0.1, -0.05) is 23.7 Å². The van der Waals surface area contributed by atoms with Crippen LogP contribution in [0.3, 0.4) is 0 Å². The molecule has 1 aliphatic carbocycles. The number of benzene rings is 2. The van der Waals surface area contributed by atoms with Crippen molar-refractivity contribution in [1.82, 2.24) is 5.32 Å². The van der Waals surface area contributed by atoms with Gasteiger partial charge >= 0.3 is 0 Å². The van der Waals surface area contributed by atoms with E-state index in [-0.39, 0.29) is 18.1 Å². The smallest absolute Gasteiger partial charge is 0.225 e. The summed E-state index contributed by atoms with van der Waals surface area (Å²) in [5.74, 6) is 1.44. The van der Waals surface area contributed by atoms with Crippen LogP contribution in [-0.4, -0.2) is 19.1 Å². The molecule has 1 fully saturated rings. The molecule has 4 rings (SSSR count). The summed E-state index contributed by atoms with van der Waals surface area (Å²) < 4.78 is 11.6. The van der Waals surface area contributed by atoms with Gasteiger partial charge in [0, 0.05) is 5.02 Å². The normalized spacial score (nSPS) is 19.6. The van der Waals surface area contributed by atoms with Gasteiger partial charge in [-0.25, -0.2) is 0 Å². The molecule has 2 aromatic rings. The summed E-state index contributed by atoms with van der Waals surface area (Å²) in [5.41, 5.74) is 3.03. The van der Waals surface area contributed by atoms with E-state index < -0.39 is 0 Å². The quantitative estimate of drug-likeness (QED) is 0.898. The molecule has 0 saturated heterocycles. The minimum absolute atomic E-state index is 0.00200. The number of rotatable bonds is 4. The number of methoxy groups -OCH3 is 1. The predicted molar refractivity (Wildman–Crippen MR) is 96.4 cm³/mol. The van der Waals surface area contributed by atoms with Crippen LogP contribution in [0.25, 0.3) is 0 Å². The van der Waals surface area contributed by atoms with Crippen LogP contribution in [0.4, 0.5) is 0 Å². The number of hydrogen-bond donors (Lipinski definition) is 1. The Labute approximate surface area is 152 Å². The molecule has 0 spiro atoms. The first-order valence-electron chi connectivity index (χ1n) is 8.56. The average molecular weight is 358 g/mol. The fourth-order valence-corrected chi connectivity index (χ4v) is 3.47. The molecular weight excluding hydrogens is 338 g/mol. The summed E-state index contributed by atoms with van der Waals surface area (Å²) in [4.78, 5) is 12.2. The third kappa shape index (κ3) is 3.19. The monoisotopic (exact) mass is 357 g/mol. The molecule has 2 aromatic carbocycles. The summed E-state index contributed by atoms with van der Waals surface area (Å²) in [7, 11) is 1.63. The predicted octanol–water partition coefficient (Wildman–Crippen LogP) is 4.04. The van der Waals surface area contributed by atoms with E-state index in [1.165, 1.54) is 6.42 Å². The lowest BCUT2D eigenvalue weighted by Gasteiger charge is -2.31. The van der Waals surface area contributed by atoms with Gasteiger partial charge in [-0.3, -0.25) is 4.79 Å². The Morgan fingerprint density at radius 1 is 1.12 bits per heavy atom. The van der Waals surface area contributed by atoms with Crippen molar-refractivity contribution in [1.29, 1.82) is 0 Å². The van der Waals surface area contributed by atoms with Crippen LogP contribution in [-0.2, 0) is 11.2 Å². The highest BCUT2D eigenvalue weighted by molar-refractivity contribution is 6.30. The number of carbonyl (C=O) groups is 1. The molecule has 0 bridgehead atoms. The van der Waals surface area contributed by atoms with Crippen molar-refractivity contribution in [3.05, 3.63) is 58.1 Å². The Hall–Kier alpha value is -2.20. The second kappa shape index (κ2) is 6.60. The molecule has 1 unspecified atom stereocenters. The number of hydrogen-bond acceptors (Lipinski definition) is 3. The maximum atomic E-state index is 12.2. The summed E-state index contributed by atoms with van der Waals surface area (Å²) in [6.07, 6.45) is 3.98. The molecule has 4 nitrogen and oxygen atoms in total. The second-order valence-corrected chi connectivity index (χ2v) is 7.04. The molecule has 1 amide bonds. The molecule has 0 aromatic heterocycles. The summed E-state index contributed by atoms with van der Waals surface area (Å²) in [5, 5.41) is 3.75.